The van der Waals surface area contributed by atoms with Crippen molar-refractivity contribution in [1.29, 1.82) is 0 Å². The predicted molar refractivity (Wildman–Crippen MR) is 70.1 cm³/mol. The van der Waals surface area contributed by atoms with E-state index < -0.39 is 0 Å². The SMILES string of the molecule is CC(=O)N(C)c1nn(C(C)=O)c2ccc(Cl)cc12. The monoisotopic (exact) mass is 265 g/mol. The van der Waals surface area contributed by atoms with Gasteiger partial charge in [-0.1, -0.05) is 11.6 Å². The lowest BCUT2D eigenvalue weighted by molar-refractivity contribution is -0.116. The van der Waals surface area contributed by atoms with Crippen LogP contribution in [0, 0.1) is 0 Å². The number of nitrogens with zero attached hydrogens (tertiary/aromatic N) is 3. The van der Waals surface area contributed by atoms with Gasteiger partial charge in [0.1, 0.15) is 0 Å². The zero-order valence-electron chi connectivity index (χ0n) is 10.3. The van der Waals surface area contributed by atoms with E-state index in [2.05, 4.69) is 5.10 Å². The average Bonchev–Trinajstić information content (AvgIpc) is 2.66. The van der Waals surface area contributed by atoms with Crippen molar-refractivity contribution in [1.82, 2.24) is 9.78 Å². The first-order valence-electron chi connectivity index (χ1n) is 5.35. The summed E-state index contributed by atoms with van der Waals surface area (Å²) in [6.07, 6.45) is 0. The molecule has 18 heavy (non-hydrogen) atoms. The Morgan fingerprint density at radius 1 is 1.33 bits per heavy atom. The maximum Gasteiger partial charge on any atom is 0.244 e. The molecule has 0 radical (unpaired) electrons. The van der Waals surface area contributed by atoms with Gasteiger partial charge in [0.2, 0.25) is 11.8 Å². The molecule has 1 amide bonds. The second-order valence-corrected chi connectivity index (χ2v) is 4.43. The molecular formula is C12H12ClN3O2. The quantitative estimate of drug-likeness (QED) is 0.795. The number of hydrogen-bond acceptors (Lipinski definition) is 3. The van der Waals surface area contributed by atoms with Crippen LogP contribution in [0.25, 0.3) is 10.9 Å². The summed E-state index contributed by atoms with van der Waals surface area (Å²) in [6.45, 7) is 2.85. The molecule has 0 saturated heterocycles. The Morgan fingerprint density at radius 2 is 2.00 bits per heavy atom. The van der Waals surface area contributed by atoms with E-state index in [9.17, 15) is 9.59 Å². The van der Waals surface area contributed by atoms with Crippen LogP contribution in [0.5, 0.6) is 0 Å². The largest absolute Gasteiger partial charge is 0.298 e. The fourth-order valence-corrected chi connectivity index (χ4v) is 1.88. The number of anilines is 1. The Hall–Kier alpha value is -1.88. The third-order valence-corrected chi connectivity index (χ3v) is 2.95. The first-order chi connectivity index (χ1) is 8.41. The second-order valence-electron chi connectivity index (χ2n) is 3.99. The van der Waals surface area contributed by atoms with Gasteiger partial charge in [-0.2, -0.15) is 4.68 Å². The van der Waals surface area contributed by atoms with E-state index in [1.165, 1.54) is 23.4 Å². The first-order valence-corrected chi connectivity index (χ1v) is 5.73. The summed E-state index contributed by atoms with van der Waals surface area (Å²) < 4.78 is 1.26. The maximum atomic E-state index is 11.5. The van der Waals surface area contributed by atoms with Crippen molar-refractivity contribution in [3.05, 3.63) is 23.2 Å². The highest BCUT2D eigenvalue weighted by Gasteiger charge is 2.18. The molecule has 0 bridgehead atoms. The number of benzene rings is 1. The van der Waals surface area contributed by atoms with Gasteiger partial charge in [-0.15, -0.1) is 5.10 Å². The van der Waals surface area contributed by atoms with E-state index >= 15 is 0 Å². The van der Waals surface area contributed by atoms with E-state index in [-0.39, 0.29) is 11.8 Å². The number of rotatable bonds is 1. The second kappa shape index (κ2) is 4.42. The number of halogens is 1. The molecule has 0 aliphatic carbocycles. The van der Waals surface area contributed by atoms with Crippen LogP contribution in [0.15, 0.2) is 18.2 Å². The van der Waals surface area contributed by atoms with Gasteiger partial charge in [-0.25, -0.2) is 0 Å². The van der Waals surface area contributed by atoms with Crippen molar-refractivity contribution in [2.75, 3.05) is 11.9 Å². The fourth-order valence-electron chi connectivity index (χ4n) is 1.71. The molecule has 0 fully saturated rings. The Balaban J connectivity index is 2.77. The van der Waals surface area contributed by atoms with Crippen LogP contribution in [0.2, 0.25) is 5.02 Å². The number of carbonyl (C=O) groups is 2. The smallest absolute Gasteiger partial charge is 0.244 e. The Kier molecular flexibility index (Phi) is 3.09. The van der Waals surface area contributed by atoms with Gasteiger partial charge >= 0.3 is 0 Å². The van der Waals surface area contributed by atoms with Crippen LogP contribution in [0.4, 0.5) is 5.82 Å². The van der Waals surface area contributed by atoms with Crippen LogP contribution < -0.4 is 4.90 Å². The highest BCUT2D eigenvalue weighted by molar-refractivity contribution is 6.31. The molecule has 6 heteroatoms. The van der Waals surface area contributed by atoms with Gasteiger partial charge in [0.25, 0.3) is 0 Å². The van der Waals surface area contributed by atoms with Crippen molar-refractivity contribution in [3.63, 3.8) is 0 Å². The number of aromatic nitrogens is 2. The number of fused-ring (bicyclic) bond motifs is 1. The summed E-state index contributed by atoms with van der Waals surface area (Å²) in [5.74, 6) is 0.0470. The van der Waals surface area contributed by atoms with Crippen LogP contribution >= 0.6 is 11.6 Å². The van der Waals surface area contributed by atoms with E-state index in [0.29, 0.717) is 21.7 Å². The summed E-state index contributed by atoms with van der Waals surface area (Å²) >= 11 is 5.94. The lowest BCUT2D eigenvalue weighted by atomic mass is 10.2. The Bertz CT molecular complexity index is 648. The van der Waals surface area contributed by atoms with Gasteiger partial charge in [0, 0.05) is 31.3 Å². The van der Waals surface area contributed by atoms with Crippen molar-refractivity contribution in [2.45, 2.75) is 13.8 Å². The number of carbonyl (C=O) groups excluding carboxylic acids is 2. The van der Waals surface area contributed by atoms with Crippen LogP contribution in [-0.4, -0.2) is 28.6 Å². The molecule has 94 valence electrons. The van der Waals surface area contributed by atoms with E-state index in [0.717, 1.165) is 0 Å². The molecule has 1 aromatic heterocycles. The zero-order chi connectivity index (χ0) is 13.4. The van der Waals surface area contributed by atoms with Crippen LogP contribution in [0.1, 0.15) is 18.6 Å². The molecule has 5 nitrogen and oxygen atoms in total. The molecule has 0 saturated carbocycles. The van der Waals surface area contributed by atoms with Gasteiger partial charge in [-0.3, -0.25) is 14.5 Å². The summed E-state index contributed by atoms with van der Waals surface area (Å²) in [5, 5.41) is 5.37. The van der Waals surface area contributed by atoms with Crippen molar-refractivity contribution < 1.29 is 9.59 Å². The molecule has 0 atom stereocenters. The van der Waals surface area contributed by atoms with E-state index in [4.69, 9.17) is 11.6 Å². The van der Waals surface area contributed by atoms with Gasteiger partial charge < -0.3 is 0 Å². The topological polar surface area (TPSA) is 55.2 Å². The zero-order valence-corrected chi connectivity index (χ0v) is 11.0. The van der Waals surface area contributed by atoms with Crippen molar-refractivity contribution >= 4 is 40.1 Å². The minimum absolute atomic E-state index is 0.162. The molecule has 1 heterocycles. The highest BCUT2D eigenvalue weighted by atomic mass is 35.5. The molecule has 0 unspecified atom stereocenters. The maximum absolute atomic E-state index is 11.5. The molecule has 0 aliphatic rings. The van der Waals surface area contributed by atoms with Crippen LogP contribution in [0.3, 0.4) is 0 Å². The summed E-state index contributed by atoms with van der Waals surface area (Å²) in [5.41, 5.74) is 0.634. The fraction of sp³-hybridized carbons (Fsp3) is 0.250. The molecule has 1 aromatic carbocycles. The van der Waals surface area contributed by atoms with Crippen LogP contribution in [-0.2, 0) is 4.79 Å². The molecule has 0 N–H and O–H groups in total. The first kappa shape index (κ1) is 12.6. The van der Waals surface area contributed by atoms with E-state index in [1.807, 2.05) is 0 Å². The summed E-state index contributed by atoms with van der Waals surface area (Å²) in [4.78, 5) is 24.3. The van der Waals surface area contributed by atoms with Gasteiger partial charge in [-0.05, 0) is 18.2 Å². The minimum Gasteiger partial charge on any atom is -0.298 e. The van der Waals surface area contributed by atoms with E-state index in [1.54, 1.807) is 25.2 Å². The molecule has 0 spiro atoms. The molecular weight excluding hydrogens is 254 g/mol. The Labute approximate surface area is 109 Å². The molecule has 0 aliphatic heterocycles. The predicted octanol–water partition coefficient (Wildman–Crippen LogP) is 2.33. The lowest BCUT2D eigenvalue weighted by Gasteiger charge is -2.11. The van der Waals surface area contributed by atoms with Crippen molar-refractivity contribution in [2.24, 2.45) is 0 Å². The summed E-state index contributed by atoms with van der Waals surface area (Å²) in [7, 11) is 1.61. The van der Waals surface area contributed by atoms with Gasteiger partial charge in [0.05, 0.1) is 5.52 Å². The lowest BCUT2D eigenvalue weighted by Crippen LogP contribution is -2.24. The molecule has 2 rings (SSSR count). The third kappa shape index (κ3) is 1.97. The minimum atomic E-state index is -0.217. The Morgan fingerprint density at radius 3 is 2.56 bits per heavy atom. The third-order valence-electron chi connectivity index (χ3n) is 2.71. The average molecular weight is 266 g/mol. The normalized spacial score (nSPS) is 10.7. The van der Waals surface area contributed by atoms with Gasteiger partial charge in [0.15, 0.2) is 5.82 Å². The van der Waals surface area contributed by atoms with Crippen molar-refractivity contribution in [3.8, 4) is 0 Å². The highest BCUT2D eigenvalue weighted by Crippen LogP contribution is 2.28. The number of amides is 1. The number of hydrogen-bond donors (Lipinski definition) is 0. The summed E-state index contributed by atoms with van der Waals surface area (Å²) in [6, 6.07) is 5.09. The standard InChI is InChI=1S/C12H12ClN3O2/c1-7(17)15(3)12-10-6-9(13)4-5-11(10)16(14-12)8(2)18/h4-6H,1-3H3. The molecule has 2 aromatic rings.